The van der Waals surface area contributed by atoms with Crippen LogP contribution in [0.3, 0.4) is 0 Å². The third-order valence-electron chi connectivity index (χ3n) is 3.74. The molecule has 0 radical (unpaired) electrons. The number of para-hydroxylation sites is 1. The van der Waals surface area contributed by atoms with Crippen molar-refractivity contribution in [3.63, 3.8) is 0 Å². The van der Waals surface area contributed by atoms with Gasteiger partial charge in [-0.2, -0.15) is 5.10 Å². The van der Waals surface area contributed by atoms with Gasteiger partial charge >= 0.3 is 0 Å². The van der Waals surface area contributed by atoms with Gasteiger partial charge in [0.1, 0.15) is 0 Å². The molecule has 3 aromatic rings. The van der Waals surface area contributed by atoms with Crippen LogP contribution in [0.15, 0.2) is 54.7 Å². The molecule has 1 aromatic heterocycles. The molecule has 0 saturated carbocycles. The lowest BCUT2D eigenvalue weighted by atomic mass is 10.0. The van der Waals surface area contributed by atoms with Crippen molar-refractivity contribution in [2.75, 3.05) is 4.90 Å². The summed E-state index contributed by atoms with van der Waals surface area (Å²) in [7, 11) is 1.53. The number of nitrogens with zero attached hydrogens (tertiary/aromatic N) is 3. The van der Waals surface area contributed by atoms with Crippen molar-refractivity contribution >= 4 is 29.4 Å². The maximum Gasteiger partial charge on any atom is 0.284 e. The first kappa shape index (κ1) is 17.1. The van der Waals surface area contributed by atoms with E-state index in [2.05, 4.69) is 5.10 Å². The van der Waals surface area contributed by atoms with E-state index in [4.69, 9.17) is 11.6 Å². The van der Waals surface area contributed by atoms with Crippen molar-refractivity contribution < 1.29 is 13.6 Å². The molecule has 0 unspecified atom stereocenters. The molecule has 0 aliphatic carbocycles. The van der Waals surface area contributed by atoms with E-state index in [0.717, 1.165) is 4.90 Å². The molecule has 1 amide bonds. The van der Waals surface area contributed by atoms with E-state index >= 15 is 0 Å². The SMILES string of the molecule is Cn1cc(N(C=O)c2ccccc2-c2ccccc2Cl)c(C(F)F)n1. The Hall–Kier alpha value is -2.73. The third kappa shape index (κ3) is 3.25. The first-order chi connectivity index (χ1) is 12.0. The average Bonchev–Trinajstić information content (AvgIpc) is 2.99. The van der Waals surface area contributed by atoms with Gasteiger partial charge in [0.25, 0.3) is 6.43 Å². The van der Waals surface area contributed by atoms with E-state index in [9.17, 15) is 13.6 Å². The molecule has 0 aliphatic rings. The molecule has 0 bridgehead atoms. The molecule has 4 nitrogen and oxygen atoms in total. The number of rotatable bonds is 5. The van der Waals surface area contributed by atoms with Crippen molar-refractivity contribution in [2.24, 2.45) is 7.05 Å². The second kappa shape index (κ2) is 7.03. The standard InChI is InChI=1S/C18H14ClF2N3O/c1-23-10-16(17(22-23)18(20)21)24(11-25)15-9-5-3-7-13(15)12-6-2-4-8-14(12)19/h2-11,18H,1H3. The van der Waals surface area contributed by atoms with Gasteiger partial charge in [-0.05, 0) is 12.1 Å². The van der Waals surface area contributed by atoms with Gasteiger partial charge in [-0.15, -0.1) is 0 Å². The quantitative estimate of drug-likeness (QED) is 0.601. The molecule has 0 atom stereocenters. The van der Waals surface area contributed by atoms with Crippen LogP contribution < -0.4 is 4.90 Å². The fourth-order valence-electron chi connectivity index (χ4n) is 2.67. The van der Waals surface area contributed by atoms with E-state index in [-0.39, 0.29) is 5.69 Å². The Morgan fingerprint density at radius 3 is 2.36 bits per heavy atom. The lowest BCUT2D eigenvalue weighted by molar-refractivity contribution is -0.106. The monoisotopic (exact) mass is 361 g/mol. The lowest BCUT2D eigenvalue weighted by Crippen LogP contribution is -2.16. The molecule has 0 aliphatic heterocycles. The zero-order valence-corrected chi connectivity index (χ0v) is 14.0. The van der Waals surface area contributed by atoms with E-state index in [1.807, 2.05) is 6.07 Å². The Morgan fingerprint density at radius 2 is 1.72 bits per heavy atom. The summed E-state index contributed by atoms with van der Waals surface area (Å²) in [5, 5.41) is 4.27. The Balaban J connectivity index is 2.19. The Morgan fingerprint density at radius 1 is 1.08 bits per heavy atom. The van der Waals surface area contributed by atoms with Gasteiger partial charge in [0.2, 0.25) is 6.41 Å². The summed E-state index contributed by atoms with van der Waals surface area (Å²) in [6.07, 6.45) is -0.913. The number of hydrogen-bond acceptors (Lipinski definition) is 2. The molecule has 0 spiro atoms. The second-order valence-corrected chi connectivity index (χ2v) is 5.75. The first-order valence-electron chi connectivity index (χ1n) is 7.43. The van der Waals surface area contributed by atoms with Crippen LogP contribution in [0.1, 0.15) is 12.1 Å². The number of aromatic nitrogens is 2. The number of carbonyl (C=O) groups excluding carboxylic acids is 1. The summed E-state index contributed by atoms with van der Waals surface area (Å²) < 4.78 is 27.9. The van der Waals surface area contributed by atoms with Crippen LogP contribution in [0.4, 0.5) is 20.2 Å². The summed E-state index contributed by atoms with van der Waals surface area (Å²) in [4.78, 5) is 12.9. The predicted octanol–water partition coefficient (Wildman–Crippen LogP) is 4.97. The number of carbonyl (C=O) groups is 1. The van der Waals surface area contributed by atoms with E-state index in [0.29, 0.717) is 28.2 Å². The topological polar surface area (TPSA) is 38.1 Å². The highest BCUT2D eigenvalue weighted by atomic mass is 35.5. The van der Waals surface area contributed by atoms with Crippen molar-refractivity contribution in [1.29, 1.82) is 0 Å². The van der Waals surface area contributed by atoms with Crippen LogP contribution in [0, 0.1) is 0 Å². The number of hydrogen-bond donors (Lipinski definition) is 0. The zero-order valence-electron chi connectivity index (χ0n) is 13.2. The maximum atomic E-state index is 13.3. The number of benzene rings is 2. The predicted molar refractivity (Wildman–Crippen MR) is 93.3 cm³/mol. The average molecular weight is 362 g/mol. The van der Waals surface area contributed by atoms with Gasteiger partial charge in [-0.1, -0.05) is 48.0 Å². The highest BCUT2D eigenvalue weighted by Gasteiger charge is 2.24. The molecule has 3 rings (SSSR count). The molecular formula is C18H14ClF2N3O. The molecule has 128 valence electrons. The molecule has 0 fully saturated rings. The Bertz CT molecular complexity index is 911. The summed E-state index contributed by atoms with van der Waals surface area (Å²) in [5.41, 5.74) is 1.38. The highest BCUT2D eigenvalue weighted by molar-refractivity contribution is 6.33. The lowest BCUT2D eigenvalue weighted by Gasteiger charge is -2.21. The van der Waals surface area contributed by atoms with E-state index < -0.39 is 12.1 Å². The van der Waals surface area contributed by atoms with Gasteiger partial charge < -0.3 is 0 Å². The van der Waals surface area contributed by atoms with Gasteiger partial charge in [0, 0.05) is 29.4 Å². The summed E-state index contributed by atoms with van der Waals surface area (Å²) in [5.74, 6) is 0. The van der Waals surface area contributed by atoms with Crippen molar-refractivity contribution in [2.45, 2.75) is 6.43 Å². The maximum absolute atomic E-state index is 13.3. The smallest absolute Gasteiger partial charge is 0.279 e. The van der Waals surface area contributed by atoms with Gasteiger partial charge in [-0.3, -0.25) is 14.4 Å². The fourth-order valence-corrected chi connectivity index (χ4v) is 2.91. The van der Waals surface area contributed by atoms with Crippen molar-refractivity contribution in [3.8, 4) is 11.1 Å². The molecule has 7 heteroatoms. The number of anilines is 2. The van der Waals surface area contributed by atoms with Gasteiger partial charge in [0.15, 0.2) is 5.69 Å². The van der Waals surface area contributed by atoms with Crippen LogP contribution in [-0.2, 0) is 11.8 Å². The van der Waals surface area contributed by atoms with Crippen molar-refractivity contribution in [1.82, 2.24) is 9.78 Å². The van der Waals surface area contributed by atoms with Crippen LogP contribution in [0.5, 0.6) is 0 Å². The zero-order chi connectivity index (χ0) is 18.0. The van der Waals surface area contributed by atoms with Gasteiger partial charge in [-0.25, -0.2) is 8.78 Å². The van der Waals surface area contributed by atoms with Crippen LogP contribution >= 0.6 is 11.6 Å². The number of amides is 1. The van der Waals surface area contributed by atoms with E-state index in [1.165, 1.54) is 17.9 Å². The van der Waals surface area contributed by atoms with E-state index in [1.54, 1.807) is 42.5 Å². The molecule has 25 heavy (non-hydrogen) atoms. The normalized spacial score (nSPS) is 10.9. The molecular weight excluding hydrogens is 348 g/mol. The molecule has 0 N–H and O–H groups in total. The molecule has 2 aromatic carbocycles. The fraction of sp³-hybridized carbons (Fsp3) is 0.111. The second-order valence-electron chi connectivity index (χ2n) is 5.35. The summed E-state index contributed by atoms with van der Waals surface area (Å²) in [6.45, 7) is 0. The Labute approximate surface area is 148 Å². The summed E-state index contributed by atoms with van der Waals surface area (Å²) in [6, 6.07) is 14.1. The van der Waals surface area contributed by atoms with Gasteiger partial charge in [0.05, 0.1) is 11.4 Å². The van der Waals surface area contributed by atoms with Crippen molar-refractivity contribution in [3.05, 3.63) is 65.4 Å². The number of aryl methyl sites for hydroxylation is 1. The highest BCUT2D eigenvalue weighted by Crippen LogP contribution is 2.39. The first-order valence-corrected chi connectivity index (χ1v) is 7.81. The minimum Gasteiger partial charge on any atom is -0.279 e. The largest absolute Gasteiger partial charge is 0.284 e. The molecule has 0 saturated heterocycles. The van der Waals surface area contributed by atoms with Crippen LogP contribution in [0.2, 0.25) is 5.02 Å². The molecule has 1 heterocycles. The van der Waals surface area contributed by atoms with Crippen LogP contribution in [-0.4, -0.2) is 16.2 Å². The third-order valence-corrected chi connectivity index (χ3v) is 4.07. The number of halogens is 3. The minimum absolute atomic E-state index is 0.0343. The Kier molecular flexibility index (Phi) is 4.81. The summed E-state index contributed by atoms with van der Waals surface area (Å²) >= 11 is 6.27. The number of alkyl halides is 2. The van der Waals surface area contributed by atoms with Crippen LogP contribution in [0.25, 0.3) is 11.1 Å². The minimum atomic E-state index is -2.80.